The molecule has 2 aliphatic rings. The molecule has 110 valence electrons. The molecular formula is C16H20N4O. The van der Waals surface area contributed by atoms with Crippen molar-refractivity contribution in [1.29, 1.82) is 0 Å². The molecule has 0 spiro atoms. The zero-order valence-electron chi connectivity index (χ0n) is 12.5. The van der Waals surface area contributed by atoms with Gasteiger partial charge in [0, 0.05) is 12.2 Å². The standard InChI is InChI=1S/C16H20N4O/c1-9-8-12-15-11(17-9)5-6-13-14(21)4-3-7-20(13)16(15)19-10(2)18-12/h8,13-14,21H,3-7H2,1-2H3. The van der Waals surface area contributed by atoms with Crippen LogP contribution in [0.5, 0.6) is 0 Å². The molecule has 2 atom stereocenters. The van der Waals surface area contributed by atoms with Gasteiger partial charge in [0.15, 0.2) is 0 Å². The van der Waals surface area contributed by atoms with Crippen LogP contribution in [0.15, 0.2) is 6.07 Å². The van der Waals surface area contributed by atoms with Crippen LogP contribution in [0.2, 0.25) is 0 Å². The number of pyridine rings is 1. The largest absolute Gasteiger partial charge is 0.391 e. The van der Waals surface area contributed by atoms with Gasteiger partial charge < -0.3 is 10.0 Å². The van der Waals surface area contributed by atoms with E-state index in [-0.39, 0.29) is 12.1 Å². The minimum atomic E-state index is -0.264. The molecule has 1 fully saturated rings. The first-order valence-corrected chi connectivity index (χ1v) is 7.73. The van der Waals surface area contributed by atoms with Crippen molar-refractivity contribution < 1.29 is 5.11 Å². The number of aromatic nitrogens is 3. The van der Waals surface area contributed by atoms with E-state index < -0.39 is 0 Å². The number of fused-ring (bicyclic) bond motifs is 2. The van der Waals surface area contributed by atoms with Crippen LogP contribution >= 0.6 is 0 Å². The Balaban J connectivity index is 2.00. The fourth-order valence-electron chi connectivity index (χ4n) is 3.78. The molecule has 5 heteroatoms. The molecule has 1 saturated heterocycles. The summed E-state index contributed by atoms with van der Waals surface area (Å²) in [7, 11) is 0. The summed E-state index contributed by atoms with van der Waals surface area (Å²) < 4.78 is 0. The van der Waals surface area contributed by atoms with E-state index in [9.17, 15) is 5.11 Å². The summed E-state index contributed by atoms with van der Waals surface area (Å²) in [6, 6.07) is 2.20. The number of aliphatic hydroxyl groups is 1. The van der Waals surface area contributed by atoms with Crippen LogP contribution in [0.4, 0.5) is 5.82 Å². The van der Waals surface area contributed by atoms with Crippen molar-refractivity contribution in [2.75, 3.05) is 11.4 Å². The second-order valence-electron chi connectivity index (χ2n) is 6.21. The van der Waals surface area contributed by atoms with Crippen molar-refractivity contribution in [2.45, 2.75) is 51.7 Å². The maximum Gasteiger partial charge on any atom is 0.142 e. The van der Waals surface area contributed by atoms with E-state index >= 15 is 0 Å². The van der Waals surface area contributed by atoms with E-state index in [2.05, 4.69) is 9.88 Å². The highest BCUT2D eigenvalue weighted by Crippen LogP contribution is 2.36. The molecule has 21 heavy (non-hydrogen) atoms. The normalized spacial score (nSPS) is 24.8. The number of anilines is 1. The number of hydrogen-bond acceptors (Lipinski definition) is 5. The van der Waals surface area contributed by atoms with Gasteiger partial charge in [-0.15, -0.1) is 0 Å². The Morgan fingerprint density at radius 1 is 1.19 bits per heavy atom. The maximum atomic E-state index is 10.4. The molecule has 2 unspecified atom stereocenters. The smallest absolute Gasteiger partial charge is 0.142 e. The van der Waals surface area contributed by atoms with Crippen LogP contribution in [0.25, 0.3) is 10.9 Å². The number of aliphatic hydroxyl groups excluding tert-OH is 1. The van der Waals surface area contributed by atoms with Gasteiger partial charge in [-0.05, 0) is 45.6 Å². The molecule has 0 amide bonds. The van der Waals surface area contributed by atoms with E-state index in [0.717, 1.165) is 66.2 Å². The minimum absolute atomic E-state index is 0.158. The summed E-state index contributed by atoms with van der Waals surface area (Å²) >= 11 is 0. The van der Waals surface area contributed by atoms with Gasteiger partial charge in [0.25, 0.3) is 0 Å². The molecule has 1 N–H and O–H groups in total. The lowest BCUT2D eigenvalue weighted by Crippen LogP contribution is -2.48. The molecule has 0 bridgehead atoms. The van der Waals surface area contributed by atoms with Crippen molar-refractivity contribution in [2.24, 2.45) is 0 Å². The molecule has 2 aliphatic heterocycles. The Morgan fingerprint density at radius 2 is 2.05 bits per heavy atom. The fourth-order valence-corrected chi connectivity index (χ4v) is 3.78. The van der Waals surface area contributed by atoms with Gasteiger partial charge in [0.05, 0.1) is 28.7 Å². The van der Waals surface area contributed by atoms with E-state index in [1.165, 1.54) is 0 Å². The summed E-state index contributed by atoms with van der Waals surface area (Å²) in [5.41, 5.74) is 3.07. The highest BCUT2D eigenvalue weighted by atomic mass is 16.3. The van der Waals surface area contributed by atoms with Crippen LogP contribution in [0.1, 0.15) is 36.5 Å². The Kier molecular flexibility index (Phi) is 2.85. The Labute approximate surface area is 124 Å². The summed E-state index contributed by atoms with van der Waals surface area (Å²) in [4.78, 5) is 16.3. The van der Waals surface area contributed by atoms with Gasteiger partial charge in [0.1, 0.15) is 11.6 Å². The summed E-state index contributed by atoms with van der Waals surface area (Å²) in [5, 5.41) is 11.5. The topological polar surface area (TPSA) is 62.1 Å². The average Bonchev–Trinajstić information content (AvgIpc) is 2.58. The molecule has 0 radical (unpaired) electrons. The van der Waals surface area contributed by atoms with Crippen molar-refractivity contribution >= 4 is 16.7 Å². The van der Waals surface area contributed by atoms with Crippen molar-refractivity contribution in [3.8, 4) is 0 Å². The Bertz CT molecular complexity index is 710. The van der Waals surface area contributed by atoms with Crippen LogP contribution in [-0.2, 0) is 6.42 Å². The monoisotopic (exact) mass is 284 g/mol. The zero-order chi connectivity index (χ0) is 14.6. The first-order valence-electron chi connectivity index (χ1n) is 7.73. The fraction of sp³-hybridized carbons (Fsp3) is 0.562. The number of piperidine rings is 1. The summed E-state index contributed by atoms with van der Waals surface area (Å²) in [5.74, 6) is 1.76. The molecule has 4 heterocycles. The van der Waals surface area contributed by atoms with Crippen LogP contribution in [0.3, 0.4) is 0 Å². The van der Waals surface area contributed by atoms with Gasteiger partial charge in [-0.2, -0.15) is 0 Å². The first kappa shape index (κ1) is 13.0. The van der Waals surface area contributed by atoms with Crippen LogP contribution in [-0.4, -0.2) is 38.7 Å². The predicted octanol–water partition coefficient (Wildman–Crippen LogP) is 1.92. The third-order valence-electron chi connectivity index (χ3n) is 4.67. The van der Waals surface area contributed by atoms with Gasteiger partial charge in [-0.3, -0.25) is 4.98 Å². The van der Waals surface area contributed by atoms with Gasteiger partial charge in [-0.1, -0.05) is 0 Å². The van der Waals surface area contributed by atoms with Gasteiger partial charge in [0.2, 0.25) is 0 Å². The van der Waals surface area contributed by atoms with Crippen molar-refractivity contribution in [1.82, 2.24) is 15.0 Å². The second-order valence-corrected chi connectivity index (χ2v) is 6.21. The molecule has 0 aliphatic carbocycles. The molecule has 0 aromatic carbocycles. The maximum absolute atomic E-state index is 10.4. The van der Waals surface area contributed by atoms with E-state index in [4.69, 9.17) is 9.97 Å². The highest BCUT2D eigenvalue weighted by molar-refractivity contribution is 5.92. The quantitative estimate of drug-likeness (QED) is 0.801. The molecule has 0 saturated carbocycles. The van der Waals surface area contributed by atoms with Crippen molar-refractivity contribution in [3.05, 3.63) is 23.3 Å². The lowest BCUT2D eigenvalue weighted by molar-refractivity contribution is 0.109. The average molecular weight is 284 g/mol. The summed E-state index contributed by atoms with van der Waals surface area (Å²) in [6.07, 6.45) is 3.45. The van der Waals surface area contributed by atoms with E-state index in [1.807, 2.05) is 19.9 Å². The molecular weight excluding hydrogens is 264 g/mol. The predicted molar refractivity (Wildman–Crippen MR) is 81.5 cm³/mol. The van der Waals surface area contributed by atoms with E-state index in [1.54, 1.807) is 0 Å². The number of hydrogen-bond donors (Lipinski definition) is 1. The molecule has 5 nitrogen and oxygen atoms in total. The third-order valence-corrected chi connectivity index (χ3v) is 4.67. The number of nitrogens with zero attached hydrogens (tertiary/aromatic N) is 4. The van der Waals surface area contributed by atoms with Crippen LogP contribution in [0, 0.1) is 13.8 Å². The van der Waals surface area contributed by atoms with Gasteiger partial charge in [-0.25, -0.2) is 9.97 Å². The van der Waals surface area contributed by atoms with E-state index in [0.29, 0.717) is 0 Å². The summed E-state index contributed by atoms with van der Waals surface area (Å²) in [6.45, 7) is 4.91. The number of rotatable bonds is 0. The Morgan fingerprint density at radius 3 is 2.90 bits per heavy atom. The highest BCUT2D eigenvalue weighted by Gasteiger charge is 2.34. The lowest BCUT2D eigenvalue weighted by Gasteiger charge is -2.39. The molecule has 2 aromatic rings. The van der Waals surface area contributed by atoms with Crippen molar-refractivity contribution in [3.63, 3.8) is 0 Å². The SMILES string of the molecule is Cc1cc2nc(C)nc3c2c(n1)CCC1C(O)CCCN31. The lowest BCUT2D eigenvalue weighted by atomic mass is 9.95. The zero-order valence-corrected chi connectivity index (χ0v) is 12.5. The second kappa shape index (κ2) is 4.63. The third kappa shape index (κ3) is 1.99. The number of aryl methyl sites for hydroxylation is 3. The Hall–Kier alpha value is -1.75. The minimum Gasteiger partial charge on any atom is -0.391 e. The first-order chi connectivity index (χ1) is 10.1. The molecule has 4 rings (SSSR count). The molecule has 2 aromatic heterocycles. The van der Waals surface area contributed by atoms with Gasteiger partial charge >= 0.3 is 0 Å². The van der Waals surface area contributed by atoms with Crippen LogP contribution < -0.4 is 4.90 Å².